The molecule has 0 spiro atoms. The second kappa shape index (κ2) is 6.72. The summed E-state index contributed by atoms with van der Waals surface area (Å²) in [4.78, 5) is 0.756. The standard InChI is InChI=1S/C16H19NO4S2/c1-11-9-16(12(2)8-15(11)21-3)23(19,20)17-13-6-5-7-14(10-13)22(4)18/h5-10,17H,1-4H3/t22-/m0/s1. The molecule has 0 radical (unpaired) electrons. The van der Waals surface area contributed by atoms with Gasteiger partial charge in [-0.3, -0.25) is 8.93 Å². The van der Waals surface area contributed by atoms with Crippen LogP contribution in [0.2, 0.25) is 0 Å². The fourth-order valence-corrected chi connectivity index (χ4v) is 4.15. The molecule has 1 N–H and O–H groups in total. The molecule has 5 nitrogen and oxygen atoms in total. The van der Waals surface area contributed by atoms with Crippen molar-refractivity contribution in [2.24, 2.45) is 0 Å². The number of benzene rings is 2. The third-order valence-corrected chi connectivity index (χ3v) is 5.84. The van der Waals surface area contributed by atoms with Crippen LogP contribution in [0, 0.1) is 13.8 Å². The number of methoxy groups -OCH3 is 1. The Morgan fingerprint density at radius 1 is 1.09 bits per heavy atom. The Hall–Kier alpha value is -1.86. The third kappa shape index (κ3) is 3.92. The minimum atomic E-state index is -3.74. The number of hydrogen-bond acceptors (Lipinski definition) is 4. The zero-order valence-electron chi connectivity index (χ0n) is 13.4. The van der Waals surface area contributed by atoms with Crippen LogP contribution in [0.5, 0.6) is 5.75 Å². The van der Waals surface area contributed by atoms with Gasteiger partial charge in [0, 0.05) is 22.0 Å². The maximum atomic E-state index is 12.6. The first-order valence-corrected chi connectivity index (χ1v) is 9.90. The van der Waals surface area contributed by atoms with E-state index in [9.17, 15) is 12.6 Å². The highest BCUT2D eigenvalue weighted by Crippen LogP contribution is 2.27. The Bertz CT molecular complexity index is 860. The van der Waals surface area contributed by atoms with Crippen molar-refractivity contribution in [1.82, 2.24) is 0 Å². The van der Waals surface area contributed by atoms with E-state index in [1.54, 1.807) is 63.6 Å². The Morgan fingerprint density at radius 3 is 2.39 bits per heavy atom. The smallest absolute Gasteiger partial charge is 0.262 e. The minimum Gasteiger partial charge on any atom is -0.496 e. The quantitative estimate of drug-likeness (QED) is 0.897. The van der Waals surface area contributed by atoms with Crippen LogP contribution in [-0.4, -0.2) is 26.0 Å². The van der Waals surface area contributed by atoms with Crippen LogP contribution in [0.15, 0.2) is 46.2 Å². The molecule has 2 aromatic rings. The Morgan fingerprint density at radius 2 is 1.78 bits per heavy atom. The fourth-order valence-electron chi connectivity index (χ4n) is 2.22. The highest BCUT2D eigenvalue weighted by molar-refractivity contribution is 7.92. The molecule has 124 valence electrons. The van der Waals surface area contributed by atoms with Crippen LogP contribution < -0.4 is 9.46 Å². The van der Waals surface area contributed by atoms with Crippen molar-refractivity contribution in [3.05, 3.63) is 47.5 Å². The van der Waals surface area contributed by atoms with E-state index in [-0.39, 0.29) is 4.90 Å². The van der Waals surface area contributed by atoms with Gasteiger partial charge in [-0.15, -0.1) is 0 Å². The topological polar surface area (TPSA) is 72.5 Å². The van der Waals surface area contributed by atoms with Crippen molar-refractivity contribution in [2.45, 2.75) is 23.6 Å². The summed E-state index contributed by atoms with van der Waals surface area (Å²) < 4.78 is 44.5. The molecular weight excluding hydrogens is 334 g/mol. The summed E-state index contributed by atoms with van der Waals surface area (Å²) in [7, 11) is -3.37. The number of anilines is 1. The van der Waals surface area contributed by atoms with E-state index in [4.69, 9.17) is 4.74 Å². The van der Waals surface area contributed by atoms with Crippen molar-refractivity contribution in [3.63, 3.8) is 0 Å². The van der Waals surface area contributed by atoms with Gasteiger partial charge in [0.2, 0.25) is 0 Å². The first-order valence-electron chi connectivity index (χ1n) is 6.86. The molecule has 0 aromatic heterocycles. The molecule has 0 aliphatic carbocycles. The molecule has 0 saturated heterocycles. The molecule has 0 aliphatic heterocycles. The first-order chi connectivity index (χ1) is 10.7. The van der Waals surface area contributed by atoms with E-state index >= 15 is 0 Å². The van der Waals surface area contributed by atoms with Gasteiger partial charge in [-0.2, -0.15) is 0 Å². The molecule has 0 fully saturated rings. The number of hydrogen-bond donors (Lipinski definition) is 1. The number of ether oxygens (including phenoxy) is 1. The second-order valence-corrected chi connectivity index (χ2v) is 8.21. The molecule has 1 atom stereocenters. The van der Waals surface area contributed by atoms with Crippen LogP contribution in [0.4, 0.5) is 5.69 Å². The molecule has 0 saturated carbocycles. The number of nitrogens with one attached hydrogen (secondary N) is 1. The van der Waals surface area contributed by atoms with Gasteiger partial charge in [0.1, 0.15) is 5.75 Å². The lowest BCUT2D eigenvalue weighted by atomic mass is 10.1. The summed E-state index contributed by atoms with van der Waals surface area (Å²) in [5.41, 5.74) is 1.71. The second-order valence-electron chi connectivity index (χ2n) is 5.17. The van der Waals surface area contributed by atoms with E-state index in [1.807, 2.05) is 0 Å². The summed E-state index contributed by atoms with van der Waals surface area (Å²) in [6.07, 6.45) is 1.55. The van der Waals surface area contributed by atoms with Crippen LogP contribution in [-0.2, 0) is 20.8 Å². The van der Waals surface area contributed by atoms with Crippen LogP contribution in [0.25, 0.3) is 0 Å². The average Bonchev–Trinajstić information content (AvgIpc) is 2.48. The van der Waals surface area contributed by atoms with E-state index in [0.717, 1.165) is 5.56 Å². The number of rotatable bonds is 5. The summed E-state index contributed by atoms with van der Waals surface area (Å²) in [6.45, 7) is 3.51. The van der Waals surface area contributed by atoms with Gasteiger partial charge in [-0.1, -0.05) is 6.07 Å². The van der Waals surface area contributed by atoms with Crippen molar-refractivity contribution in [2.75, 3.05) is 18.1 Å². The van der Waals surface area contributed by atoms with Crippen molar-refractivity contribution in [3.8, 4) is 5.75 Å². The molecule has 2 aromatic carbocycles. The molecule has 7 heteroatoms. The Kier molecular flexibility index (Phi) is 5.11. The lowest BCUT2D eigenvalue weighted by Gasteiger charge is -2.13. The normalized spacial score (nSPS) is 12.7. The van der Waals surface area contributed by atoms with Gasteiger partial charge in [-0.25, -0.2) is 8.42 Å². The van der Waals surface area contributed by atoms with Gasteiger partial charge in [0.15, 0.2) is 0 Å². The fraction of sp³-hybridized carbons (Fsp3) is 0.250. The average molecular weight is 353 g/mol. The molecule has 0 unspecified atom stereocenters. The minimum absolute atomic E-state index is 0.193. The molecule has 2 rings (SSSR count). The van der Waals surface area contributed by atoms with Crippen LogP contribution in [0.1, 0.15) is 11.1 Å². The van der Waals surface area contributed by atoms with Crippen LogP contribution >= 0.6 is 0 Å². The highest BCUT2D eigenvalue weighted by atomic mass is 32.2. The van der Waals surface area contributed by atoms with Gasteiger partial charge >= 0.3 is 0 Å². The molecule has 0 heterocycles. The van der Waals surface area contributed by atoms with E-state index in [2.05, 4.69) is 4.72 Å². The van der Waals surface area contributed by atoms with Crippen molar-refractivity contribution < 1.29 is 17.4 Å². The monoisotopic (exact) mass is 353 g/mol. The maximum Gasteiger partial charge on any atom is 0.262 e. The zero-order valence-corrected chi connectivity index (χ0v) is 15.0. The van der Waals surface area contributed by atoms with E-state index in [1.165, 1.54) is 0 Å². The molecule has 0 bridgehead atoms. The summed E-state index contributed by atoms with van der Waals surface area (Å²) >= 11 is 0. The molecule has 0 aliphatic rings. The highest BCUT2D eigenvalue weighted by Gasteiger charge is 2.19. The summed E-state index contributed by atoms with van der Waals surface area (Å²) in [5.74, 6) is 0.643. The van der Waals surface area contributed by atoms with Gasteiger partial charge in [0.05, 0.1) is 17.7 Å². The summed E-state index contributed by atoms with van der Waals surface area (Å²) in [5, 5.41) is 0. The maximum absolute atomic E-state index is 12.6. The van der Waals surface area contributed by atoms with Crippen LogP contribution in [0.3, 0.4) is 0 Å². The molecule has 0 amide bonds. The van der Waals surface area contributed by atoms with E-state index in [0.29, 0.717) is 21.9 Å². The lowest BCUT2D eigenvalue weighted by Crippen LogP contribution is -2.15. The van der Waals surface area contributed by atoms with Crippen molar-refractivity contribution >= 4 is 26.5 Å². The SMILES string of the molecule is COc1cc(C)c(S(=O)(=O)Nc2cccc([S@](C)=O)c2)cc1C. The first kappa shape index (κ1) is 17.5. The molecular formula is C16H19NO4S2. The number of sulfonamides is 1. The zero-order chi connectivity index (χ0) is 17.2. The largest absolute Gasteiger partial charge is 0.496 e. The predicted octanol–water partition coefficient (Wildman–Crippen LogP) is 2.85. The predicted molar refractivity (Wildman–Crippen MR) is 92.1 cm³/mol. The number of aryl methyl sites for hydroxylation is 2. The van der Waals surface area contributed by atoms with Gasteiger partial charge in [-0.05, 0) is 55.3 Å². The van der Waals surface area contributed by atoms with Crippen molar-refractivity contribution in [1.29, 1.82) is 0 Å². The van der Waals surface area contributed by atoms with Gasteiger partial charge < -0.3 is 4.74 Å². The Balaban J connectivity index is 2.42. The third-order valence-electron chi connectivity index (χ3n) is 3.40. The summed E-state index contributed by atoms with van der Waals surface area (Å²) in [6, 6.07) is 9.83. The van der Waals surface area contributed by atoms with Gasteiger partial charge in [0.25, 0.3) is 10.0 Å². The van der Waals surface area contributed by atoms with E-state index < -0.39 is 20.8 Å². The lowest BCUT2D eigenvalue weighted by molar-refractivity contribution is 0.411. The molecule has 23 heavy (non-hydrogen) atoms. The Labute approximate surface area is 139 Å².